The van der Waals surface area contributed by atoms with E-state index in [0.717, 1.165) is 5.56 Å². The van der Waals surface area contributed by atoms with Crippen molar-refractivity contribution < 1.29 is 19.4 Å². The fourth-order valence-electron chi connectivity index (χ4n) is 4.21. The van der Waals surface area contributed by atoms with Crippen LogP contribution >= 0.6 is 0 Å². The highest BCUT2D eigenvalue weighted by molar-refractivity contribution is 6.01. The summed E-state index contributed by atoms with van der Waals surface area (Å²) in [6.45, 7) is 0.117. The number of fused-ring (bicyclic) bond motifs is 6. The van der Waals surface area contributed by atoms with Gasteiger partial charge < -0.3 is 14.6 Å². The Hall–Kier alpha value is -3.95. The van der Waals surface area contributed by atoms with Crippen LogP contribution in [0.4, 0.5) is 0 Å². The van der Waals surface area contributed by atoms with Crippen LogP contribution in [0.1, 0.15) is 27.0 Å². The van der Waals surface area contributed by atoms with Crippen LogP contribution in [0, 0.1) is 12.3 Å². The van der Waals surface area contributed by atoms with Crippen molar-refractivity contribution in [3.05, 3.63) is 82.9 Å². The molecule has 6 heteroatoms. The van der Waals surface area contributed by atoms with Crippen molar-refractivity contribution in [2.45, 2.75) is 5.54 Å². The van der Waals surface area contributed by atoms with E-state index < -0.39 is 5.54 Å². The van der Waals surface area contributed by atoms with E-state index in [9.17, 15) is 9.90 Å². The molecule has 0 aliphatic carbocycles. The number of ether oxygens (including phenoxy) is 2. The third-order valence-electron chi connectivity index (χ3n) is 5.37. The standard InChI is InChI=1S/C23H16N2O4/c1-2-11-28-15-8-10-19-21(13-15)29-20-12-14(26)7-9-18(20)23(19)17-6-4-3-5-16(17)22(27)25(23)24/h1,3-10,12-13,26H,11,24H2. The fourth-order valence-corrected chi connectivity index (χ4v) is 4.21. The van der Waals surface area contributed by atoms with Crippen molar-refractivity contribution in [2.75, 3.05) is 6.61 Å². The molecule has 0 radical (unpaired) electrons. The molecule has 5 rings (SSSR count). The number of terminal acetylenes is 1. The molecule has 2 aliphatic heterocycles. The lowest BCUT2D eigenvalue weighted by atomic mass is 9.75. The first-order valence-electron chi connectivity index (χ1n) is 8.98. The van der Waals surface area contributed by atoms with Gasteiger partial charge in [-0.2, -0.15) is 0 Å². The van der Waals surface area contributed by atoms with Crippen LogP contribution in [0.15, 0.2) is 60.7 Å². The Kier molecular flexibility index (Phi) is 3.57. The molecule has 1 spiro atoms. The molecular weight excluding hydrogens is 368 g/mol. The minimum atomic E-state index is -1.09. The Morgan fingerprint density at radius 1 is 1.07 bits per heavy atom. The second-order valence-electron chi connectivity index (χ2n) is 6.86. The summed E-state index contributed by atoms with van der Waals surface area (Å²) in [7, 11) is 0. The number of nitrogens with two attached hydrogens (primary N) is 1. The first-order valence-corrected chi connectivity index (χ1v) is 8.98. The second kappa shape index (κ2) is 6.03. The van der Waals surface area contributed by atoms with Gasteiger partial charge in [-0.1, -0.05) is 24.1 Å². The van der Waals surface area contributed by atoms with E-state index in [2.05, 4.69) is 5.92 Å². The van der Waals surface area contributed by atoms with Gasteiger partial charge in [0.1, 0.15) is 35.1 Å². The average molecular weight is 384 g/mol. The highest BCUT2D eigenvalue weighted by Gasteiger charge is 2.55. The SMILES string of the molecule is C#CCOc1ccc2c(c1)Oc1cc(O)ccc1C21c2ccccc2C(=O)N1N. The van der Waals surface area contributed by atoms with Crippen LogP contribution in [0.3, 0.4) is 0 Å². The minimum Gasteiger partial charge on any atom is -0.508 e. The van der Waals surface area contributed by atoms with Gasteiger partial charge in [0, 0.05) is 34.4 Å². The van der Waals surface area contributed by atoms with E-state index in [1.807, 2.05) is 18.2 Å². The molecule has 3 N–H and O–H groups in total. The molecule has 1 atom stereocenters. The quantitative estimate of drug-likeness (QED) is 0.403. The first-order chi connectivity index (χ1) is 14.1. The molecular formula is C23H16N2O4. The summed E-state index contributed by atoms with van der Waals surface area (Å²) in [6, 6.07) is 17.4. The Labute approximate surface area is 167 Å². The number of rotatable bonds is 2. The van der Waals surface area contributed by atoms with E-state index in [1.54, 1.807) is 36.4 Å². The van der Waals surface area contributed by atoms with Gasteiger partial charge >= 0.3 is 0 Å². The van der Waals surface area contributed by atoms with Crippen LogP contribution in [-0.4, -0.2) is 22.6 Å². The van der Waals surface area contributed by atoms with Crippen LogP contribution in [0.5, 0.6) is 23.0 Å². The number of hydrogen-bond donors (Lipinski definition) is 2. The summed E-state index contributed by atoms with van der Waals surface area (Å²) in [5, 5.41) is 11.2. The number of hydrogen-bond acceptors (Lipinski definition) is 5. The number of carbonyl (C=O) groups is 1. The lowest BCUT2D eigenvalue weighted by molar-refractivity contribution is 0.0665. The van der Waals surface area contributed by atoms with Gasteiger partial charge in [0.15, 0.2) is 0 Å². The summed E-state index contributed by atoms with van der Waals surface area (Å²) >= 11 is 0. The molecule has 0 bridgehead atoms. The highest BCUT2D eigenvalue weighted by Crippen LogP contribution is 2.57. The second-order valence-corrected chi connectivity index (χ2v) is 6.86. The molecule has 142 valence electrons. The summed E-state index contributed by atoms with van der Waals surface area (Å²) in [4.78, 5) is 13.0. The summed E-state index contributed by atoms with van der Waals surface area (Å²) in [5.41, 5.74) is 1.55. The maximum absolute atomic E-state index is 13.0. The maximum atomic E-state index is 13.0. The number of amides is 1. The Balaban J connectivity index is 1.83. The van der Waals surface area contributed by atoms with Crippen LogP contribution in [0.2, 0.25) is 0 Å². The number of aromatic hydroxyl groups is 1. The van der Waals surface area contributed by atoms with Gasteiger partial charge in [0.05, 0.1) is 0 Å². The molecule has 0 fully saturated rings. The number of nitrogens with zero attached hydrogens (tertiary/aromatic N) is 1. The van der Waals surface area contributed by atoms with E-state index in [4.69, 9.17) is 21.7 Å². The molecule has 0 aromatic heterocycles. The Morgan fingerprint density at radius 3 is 2.59 bits per heavy atom. The van der Waals surface area contributed by atoms with E-state index in [-0.39, 0.29) is 18.3 Å². The highest BCUT2D eigenvalue weighted by atomic mass is 16.5. The van der Waals surface area contributed by atoms with Gasteiger partial charge in [-0.25, -0.2) is 5.84 Å². The molecule has 0 saturated heterocycles. The maximum Gasteiger partial charge on any atom is 0.269 e. The van der Waals surface area contributed by atoms with Gasteiger partial charge in [0.2, 0.25) is 0 Å². The number of benzene rings is 3. The summed E-state index contributed by atoms with van der Waals surface area (Å²) in [6.07, 6.45) is 5.28. The third-order valence-corrected chi connectivity index (χ3v) is 5.37. The fraction of sp³-hybridized carbons (Fsp3) is 0.0870. The zero-order valence-electron chi connectivity index (χ0n) is 15.3. The van der Waals surface area contributed by atoms with Crippen LogP contribution < -0.4 is 15.3 Å². The first kappa shape index (κ1) is 17.2. The molecule has 0 saturated carbocycles. The van der Waals surface area contributed by atoms with E-state index in [1.165, 1.54) is 11.1 Å². The predicted molar refractivity (Wildman–Crippen MR) is 106 cm³/mol. The number of phenols is 1. The molecule has 1 unspecified atom stereocenters. The monoisotopic (exact) mass is 384 g/mol. The van der Waals surface area contributed by atoms with Gasteiger partial charge in [0.25, 0.3) is 5.91 Å². The van der Waals surface area contributed by atoms with Crippen LogP contribution in [-0.2, 0) is 5.54 Å². The smallest absolute Gasteiger partial charge is 0.269 e. The van der Waals surface area contributed by atoms with E-state index in [0.29, 0.717) is 33.9 Å². The lowest BCUT2D eigenvalue weighted by Crippen LogP contribution is -2.51. The molecule has 2 heterocycles. The van der Waals surface area contributed by atoms with Gasteiger partial charge in [-0.05, 0) is 30.3 Å². The van der Waals surface area contributed by atoms with Crippen molar-refractivity contribution in [2.24, 2.45) is 5.84 Å². The molecule has 1 amide bonds. The lowest BCUT2D eigenvalue weighted by Gasteiger charge is -2.42. The molecule has 29 heavy (non-hydrogen) atoms. The Morgan fingerprint density at radius 2 is 1.79 bits per heavy atom. The average Bonchev–Trinajstić information content (AvgIpc) is 2.95. The molecule has 2 aliphatic rings. The molecule has 3 aromatic carbocycles. The van der Waals surface area contributed by atoms with Crippen molar-refractivity contribution in [1.29, 1.82) is 0 Å². The molecule has 3 aromatic rings. The predicted octanol–water partition coefficient (Wildman–Crippen LogP) is 3.13. The normalized spacial score (nSPS) is 18.5. The largest absolute Gasteiger partial charge is 0.508 e. The number of phenolic OH excluding ortho intramolecular Hbond substituents is 1. The summed E-state index contributed by atoms with van der Waals surface area (Å²) < 4.78 is 11.6. The van der Waals surface area contributed by atoms with E-state index >= 15 is 0 Å². The van der Waals surface area contributed by atoms with Gasteiger partial charge in [-0.15, -0.1) is 6.42 Å². The zero-order chi connectivity index (χ0) is 20.2. The minimum absolute atomic E-state index is 0.0447. The van der Waals surface area contributed by atoms with Gasteiger partial charge in [-0.3, -0.25) is 9.80 Å². The van der Waals surface area contributed by atoms with Crippen molar-refractivity contribution in [3.63, 3.8) is 0 Å². The molecule has 6 nitrogen and oxygen atoms in total. The summed E-state index contributed by atoms with van der Waals surface area (Å²) in [5.74, 6) is 10.0. The number of hydrazine groups is 1. The van der Waals surface area contributed by atoms with Crippen LogP contribution in [0.25, 0.3) is 0 Å². The van der Waals surface area contributed by atoms with Crippen molar-refractivity contribution in [1.82, 2.24) is 5.01 Å². The van der Waals surface area contributed by atoms with Crippen molar-refractivity contribution in [3.8, 4) is 35.3 Å². The van der Waals surface area contributed by atoms with Crippen molar-refractivity contribution >= 4 is 5.91 Å². The Bertz CT molecular complexity index is 1210. The zero-order valence-corrected chi connectivity index (χ0v) is 15.3. The topological polar surface area (TPSA) is 85.0 Å². The number of carbonyl (C=O) groups excluding carboxylic acids is 1. The third kappa shape index (κ3) is 2.19.